The number of hydrogen-bond acceptors (Lipinski definition) is 5. The highest BCUT2D eigenvalue weighted by atomic mass is 15.1. The molecule has 3 aromatic heterocycles. The van der Waals surface area contributed by atoms with Crippen LogP contribution in [0.4, 0.5) is 5.82 Å². The van der Waals surface area contributed by atoms with Gasteiger partial charge in [0.1, 0.15) is 5.82 Å². The second kappa shape index (κ2) is 6.48. The van der Waals surface area contributed by atoms with Crippen molar-refractivity contribution in [2.24, 2.45) is 0 Å². The van der Waals surface area contributed by atoms with Gasteiger partial charge >= 0.3 is 0 Å². The van der Waals surface area contributed by atoms with Gasteiger partial charge < -0.3 is 11.1 Å². The molecule has 0 spiro atoms. The van der Waals surface area contributed by atoms with Crippen molar-refractivity contribution in [1.82, 2.24) is 25.5 Å². The van der Waals surface area contributed by atoms with Gasteiger partial charge in [-0.15, -0.1) is 0 Å². The van der Waals surface area contributed by atoms with Gasteiger partial charge in [-0.05, 0) is 60.2 Å². The van der Waals surface area contributed by atoms with E-state index in [1.165, 1.54) is 22.8 Å². The predicted octanol–water partition coefficient (Wildman–Crippen LogP) is 3.69. The molecular weight excluding hydrogens is 336 g/mol. The Morgan fingerprint density at radius 2 is 2.00 bits per heavy atom. The molecule has 27 heavy (non-hydrogen) atoms. The molecule has 0 aliphatic carbocycles. The van der Waals surface area contributed by atoms with E-state index in [0.717, 1.165) is 35.2 Å². The Morgan fingerprint density at radius 1 is 1.04 bits per heavy atom. The lowest BCUT2D eigenvalue weighted by atomic mass is 9.93. The number of anilines is 1. The van der Waals surface area contributed by atoms with Crippen LogP contribution >= 0.6 is 0 Å². The van der Waals surface area contributed by atoms with Crippen LogP contribution in [0.5, 0.6) is 0 Å². The van der Waals surface area contributed by atoms with E-state index in [1.54, 1.807) is 6.20 Å². The van der Waals surface area contributed by atoms with Crippen LogP contribution in [0.25, 0.3) is 33.0 Å². The quantitative estimate of drug-likeness (QED) is 0.520. The van der Waals surface area contributed by atoms with Gasteiger partial charge in [0.15, 0.2) is 0 Å². The van der Waals surface area contributed by atoms with E-state index in [1.807, 2.05) is 24.8 Å². The maximum absolute atomic E-state index is 6.11. The fourth-order valence-corrected chi connectivity index (χ4v) is 3.89. The van der Waals surface area contributed by atoms with E-state index in [2.05, 4.69) is 49.7 Å². The van der Waals surface area contributed by atoms with Crippen LogP contribution in [0.2, 0.25) is 0 Å². The molecule has 6 heteroatoms. The summed E-state index contributed by atoms with van der Waals surface area (Å²) >= 11 is 0. The molecule has 0 amide bonds. The number of aromatic nitrogens is 4. The van der Waals surface area contributed by atoms with Gasteiger partial charge in [0, 0.05) is 52.9 Å². The number of nitrogen functional groups attached to an aromatic ring is 1. The molecule has 0 bridgehead atoms. The minimum atomic E-state index is 0.367. The first-order valence-electron chi connectivity index (χ1n) is 9.16. The van der Waals surface area contributed by atoms with Crippen molar-refractivity contribution >= 4 is 16.6 Å². The Morgan fingerprint density at radius 3 is 2.81 bits per heavy atom. The molecule has 1 aliphatic rings. The van der Waals surface area contributed by atoms with E-state index in [0.29, 0.717) is 11.9 Å². The second-order valence-corrected chi connectivity index (χ2v) is 6.95. The summed E-state index contributed by atoms with van der Waals surface area (Å²) in [6.07, 6.45) is 11.6. The number of benzene rings is 1. The molecule has 1 aliphatic heterocycles. The highest BCUT2D eigenvalue weighted by Crippen LogP contribution is 2.35. The van der Waals surface area contributed by atoms with Crippen molar-refractivity contribution in [3.8, 4) is 22.3 Å². The Hall–Kier alpha value is -3.25. The van der Waals surface area contributed by atoms with E-state index in [-0.39, 0.29) is 0 Å². The largest absolute Gasteiger partial charge is 0.383 e. The molecule has 134 valence electrons. The van der Waals surface area contributed by atoms with Gasteiger partial charge in [-0.25, -0.2) is 4.98 Å². The minimum Gasteiger partial charge on any atom is -0.383 e. The van der Waals surface area contributed by atoms with Crippen LogP contribution in [-0.2, 0) is 0 Å². The van der Waals surface area contributed by atoms with Crippen molar-refractivity contribution in [3.05, 3.63) is 60.8 Å². The topological polar surface area (TPSA) is 92.5 Å². The Balaban J connectivity index is 1.68. The number of H-pyrrole nitrogens is 1. The molecule has 0 saturated carbocycles. The number of nitrogens with one attached hydrogen (secondary N) is 2. The van der Waals surface area contributed by atoms with Crippen LogP contribution in [0.15, 0.2) is 55.2 Å². The molecule has 1 fully saturated rings. The van der Waals surface area contributed by atoms with Gasteiger partial charge in [-0.1, -0.05) is 0 Å². The van der Waals surface area contributed by atoms with Crippen molar-refractivity contribution in [3.63, 3.8) is 0 Å². The second-order valence-electron chi connectivity index (χ2n) is 6.95. The van der Waals surface area contributed by atoms with Gasteiger partial charge in [-0.3, -0.25) is 10.1 Å². The van der Waals surface area contributed by atoms with Crippen LogP contribution in [0.1, 0.15) is 24.4 Å². The van der Waals surface area contributed by atoms with Crippen LogP contribution in [-0.4, -0.2) is 26.7 Å². The average Bonchev–Trinajstić information content (AvgIpc) is 3.41. The third-order valence-corrected chi connectivity index (χ3v) is 5.28. The summed E-state index contributed by atoms with van der Waals surface area (Å²) in [7, 11) is 0. The summed E-state index contributed by atoms with van der Waals surface area (Å²) in [4.78, 5) is 8.77. The van der Waals surface area contributed by atoms with E-state index < -0.39 is 0 Å². The molecular formula is C21H20N6. The van der Waals surface area contributed by atoms with Gasteiger partial charge in [0.05, 0.1) is 6.20 Å². The zero-order valence-corrected chi connectivity index (χ0v) is 14.8. The van der Waals surface area contributed by atoms with E-state index >= 15 is 0 Å². The first-order chi connectivity index (χ1) is 13.3. The minimum absolute atomic E-state index is 0.367. The number of rotatable bonds is 3. The van der Waals surface area contributed by atoms with E-state index in [9.17, 15) is 0 Å². The highest BCUT2D eigenvalue weighted by molar-refractivity contribution is 5.91. The number of nitrogens with zero attached hydrogens (tertiary/aromatic N) is 3. The molecule has 4 aromatic rings. The number of nitrogens with two attached hydrogens (primary N) is 1. The standard InChI is InChI=1S/C21H20N6/c22-21-17(16-10-26-27-11-16)8-15(9-25-21)14-6-13-3-5-23-12-19(13)18(7-14)20-2-1-4-24-20/h3,5-12,20,24H,1-2,4H2,(H2,22,25)(H,26,27). The lowest BCUT2D eigenvalue weighted by Gasteiger charge is -2.16. The van der Waals surface area contributed by atoms with Gasteiger partial charge in [0.2, 0.25) is 0 Å². The Kier molecular flexibility index (Phi) is 3.83. The molecule has 1 atom stereocenters. The van der Waals surface area contributed by atoms with Crippen molar-refractivity contribution in [2.75, 3.05) is 12.3 Å². The molecule has 5 rings (SSSR count). The van der Waals surface area contributed by atoms with Gasteiger partial charge in [0.25, 0.3) is 0 Å². The first kappa shape index (κ1) is 16.0. The molecule has 4 N–H and O–H groups in total. The van der Waals surface area contributed by atoms with Crippen LogP contribution < -0.4 is 11.1 Å². The predicted molar refractivity (Wildman–Crippen MR) is 107 cm³/mol. The Labute approximate surface area is 156 Å². The van der Waals surface area contributed by atoms with Crippen LogP contribution in [0.3, 0.4) is 0 Å². The fraction of sp³-hybridized carbons (Fsp3) is 0.190. The van der Waals surface area contributed by atoms with Crippen molar-refractivity contribution in [2.45, 2.75) is 18.9 Å². The van der Waals surface area contributed by atoms with Gasteiger partial charge in [-0.2, -0.15) is 5.10 Å². The Bertz CT molecular complexity index is 1100. The fourth-order valence-electron chi connectivity index (χ4n) is 3.89. The third kappa shape index (κ3) is 2.84. The monoisotopic (exact) mass is 356 g/mol. The molecule has 0 radical (unpaired) electrons. The SMILES string of the molecule is Nc1ncc(-c2cc(C3CCCN3)c3cnccc3c2)cc1-c1cn[nH]c1. The number of hydrogen-bond donors (Lipinski definition) is 3. The number of fused-ring (bicyclic) bond motifs is 1. The van der Waals surface area contributed by atoms with Crippen molar-refractivity contribution < 1.29 is 0 Å². The normalized spacial score (nSPS) is 16.8. The summed E-state index contributed by atoms with van der Waals surface area (Å²) in [6, 6.07) is 8.98. The third-order valence-electron chi connectivity index (χ3n) is 5.28. The summed E-state index contributed by atoms with van der Waals surface area (Å²) in [6.45, 7) is 1.06. The summed E-state index contributed by atoms with van der Waals surface area (Å²) in [5, 5.41) is 12.9. The molecule has 1 aromatic carbocycles. The van der Waals surface area contributed by atoms with Crippen molar-refractivity contribution in [1.29, 1.82) is 0 Å². The lowest BCUT2D eigenvalue weighted by Crippen LogP contribution is -2.13. The van der Waals surface area contributed by atoms with E-state index in [4.69, 9.17) is 5.73 Å². The van der Waals surface area contributed by atoms with Crippen LogP contribution in [0, 0.1) is 0 Å². The smallest absolute Gasteiger partial charge is 0.131 e. The highest BCUT2D eigenvalue weighted by Gasteiger charge is 2.20. The average molecular weight is 356 g/mol. The number of aromatic amines is 1. The summed E-state index contributed by atoms with van der Waals surface area (Å²) in [5.41, 5.74) is 11.4. The maximum Gasteiger partial charge on any atom is 0.131 e. The first-order valence-corrected chi connectivity index (χ1v) is 9.16. The molecule has 1 unspecified atom stereocenters. The zero-order valence-electron chi connectivity index (χ0n) is 14.8. The molecule has 1 saturated heterocycles. The summed E-state index contributed by atoms with van der Waals surface area (Å²) < 4.78 is 0. The molecule has 6 nitrogen and oxygen atoms in total. The summed E-state index contributed by atoms with van der Waals surface area (Å²) in [5.74, 6) is 0.503. The number of pyridine rings is 2. The molecule has 4 heterocycles. The lowest BCUT2D eigenvalue weighted by molar-refractivity contribution is 0.653. The zero-order chi connectivity index (χ0) is 18.2. The maximum atomic E-state index is 6.11.